The Morgan fingerprint density at radius 3 is 3.06 bits per heavy atom. The molecule has 0 spiro atoms. The Kier molecular flexibility index (Phi) is 2.81. The van der Waals surface area contributed by atoms with Crippen LogP contribution in [0.25, 0.3) is 5.65 Å². The summed E-state index contributed by atoms with van der Waals surface area (Å²) in [4.78, 5) is 4.44. The van der Waals surface area contributed by atoms with Crippen LogP contribution in [0.2, 0.25) is 0 Å². The number of fused-ring (bicyclic) bond motifs is 1. The van der Waals surface area contributed by atoms with Crippen molar-refractivity contribution in [2.45, 2.75) is 25.7 Å². The van der Waals surface area contributed by atoms with Crippen molar-refractivity contribution in [2.24, 2.45) is 5.92 Å². The van der Waals surface area contributed by atoms with Crippen LogP contribution in [-0.4, -0.2) is 27.7 Å². The van der Waals surface area contributed by atoms with Gasteiger partial charge in [-0.05, 0) is 43.3 Å². The molecule has 3 heterocycles. The molecule has 0 bridgehead atoms. The Bertz CT molecular complexity index is 499. The molecule has 0 aromatic carbocycles. The molecule has 4 heteroatoms. The molecule has 1 saturated heterocycles. The minimum Gasteiger partial charge on any atom is -0.317 e. The summed E-state index contributed by atoms with van der Waals surface area (Å²) in [5, 5.41) is 7.66. The van der Waals surface area contributed by atoms with Gasteiger partial charge in [0.2, 0.25) is 0 Å². The molecular formula is C13H18N4. The molecule has 0 radical (unpaired) electrons. The van der Waals surface area contributed by atoms with Crippen molar-refractivity contribution in [1.82, 2.24) is 19.9 Å². The highest BCUT2D eigenvalue weighted by Gasteiger charge is 2.21. The summed E-state index contributed by atoms with van der Waals surface area (Å²) < 4.78 is 1.87. The monoisotopic (exact) mass is 230 g/mol. The fraction of sp³-hybridized carbons (Fsp3) is 0.538. The second kappa shape index (κ2) is 4.45. The lowest BCUT2D eigenvalue weighted by molar-refractivity contribution is 0.329. The molecule has 1 aliphatic heterocycles. The summed E-state index contributed by atoms with van der Waals surface area (Å²) in [6.07, 6.45) is 8.44. The van der Waals surface area contributed by atoms with Crippen LogP contribution in [0.5, 0.6) is 0 Å². The summed E-state index contributed by atoms with van der Waals surface area (Å²) >= 11 is 0. The van der Waals surface area contributed by atoms with Gasteiger partial charge in [-0.3, -0.25) is 0 Å². The molecule has 1 aliphatic rings. The lowest BCUT2D eigenvalue weighted by Crippen LogP contribution is -2.30. The Morgan fingerprint density at radius 2 is 2.24 bits per heavy atom. The van der Waals surface area contributed by atoms with Crippen LogP contribution in [-0.2, 0) is 0 Å². The largest absolute Gasteiger partial charge is 0.317 e. The van der Waals surface area contributed by atoms with Gasteiger partial charge < -0.3 is 5.32 Å². The van der Waals surface area contributed by atoms with Crippen molar-refractivity contribution in [1.29, 1.82) is 0 Å². The number of hydrogen-bond acceptors (Lipinski definition) is 3. The normalized spacial score (nSPS) is 19.6. The molecule has 1 unspecified atom stereocenters. The van der Waals surface area contributed by atoms with Gasteiger partial charge in [-0.15, -0.1) is 0 Å². The summed E-state index contributed by atoms with van der Waals surface area (Å²) in [5.74, 6) is 1.34. The highest BCUT2D eigenvalue weighted by Crippen LogP contribution is 2.29. The molecular weight excluding hydrogens is 212 g/mol. The number of rotatable bonds is 2. The molecule has 1 fully saturated rings. The van der Waals surface area contributed by atoms with Crippen LogP contribution in [0.15, 0.2) is 24.7 Å². The number of hydrogen-bond donors (Lipinski definition) is 1. The fourth-order valence-corrected chi connectivity index (χ4v) is 2.68. The van der Waals surface area contributed by atoms with E-state index in [2.05, 4.69) is 28.5 Å². The van der Waals surface area contributed by atoms with Gasteiger partial charge in [0.1, 0.15) is 0 Å². The average Bonchev–Trinajstić information content (AvgIpc) is 2.86. The summed E-state index contributed by atoms with van der Waals surface area (Å²) in [6, 6.07) is 1.93. The van der Waals surface area contributed by atoms with Crippen molar-refractivity contribution in [3.8, 4) is 0 Å². The third-order valence-corrected chi connectivity index (χ3v) is 3.88. The van der Waals surface area contributed by atoms with E-state index in [4.69, 9.17) is 0 Å². The first-order valence-electron chi connectivity index (χ1n) is 6.34. The topological polar surface area (TPSA) is 42.2 Å². The van der Waals surface area contributed by atoms with Crippen molar-refractivity contribution in [3.63, 3.8) is 0 Å². The van der Waals surface area contributed by atoms with Crippen LogP contribution >= 0.6 is 0 Å². The Labute approximate surface area is 101 Å². The van der Waals surface area contributed by atoms with E-state index < -0.39 is 0 Å². The molecule has 0 aliphatic carbocycles. The number of nitrogens with one attached hydrogen (secondary N) is 1. The van der Waals surface area contributed by atoms with E-state index in [-0.39, 0.29) is 0 Å². The SMILES string of the molecule is CC(c1cnc2ccnn2c1)C1CCNCC1. The molecule has 0 saturated carbocycles. The average molecular weight is 230 g/mol. The van der Waals surface area contributed by atoms with Crippen LogP contribution in [0, 0.1) is 5.92 Å². The predicted molar refractivity (Wildman–Crippen MR) is 67.0 cm³/mol. The van der Waals surface area contributed by atoms with Gasteiger partial charge in [-0.25, -0.2) is 9.50 Å². The zero-order valence-corrected chi connectivity index (χ0v) is 10.1. The zero-order chi connectivity index (χ0) is 11.7. The number of piperidine rings is 1. The quantitative estimate of drug-likeness (QED) is 0.856. The maximum atomic E-state index is 4.44. The van der Waals surface area contributed by atoms with Gasteiger partial charge >= 0.3 is 0 Å². The van der Waals surface area contributed by atoms with Gasteiger partial charge in [0.25, 0.3) is 0 Å². The van der Waals surface area contributed by atoms with E-state index in [9.17, 15) is 0 Å². The zero-order valence-electron chi connectivity index (χ0n) is 10.1. The van der Waals surface area contributed by atoms with Crippen LogP contribution < -0.4 is 5.32 Å². The maximum absolute atomic E-state index is 4.44. The summed E-state index contributed by atoms with van der Waals surface area (Å²) in [7, 11) is 0. The molecule has 1 atom stereocenters. The standard InChI is InChI=1S/C13H18N4/c1-10(11-2-5-14-6-3-11)12-8-15-13-4-7-16-17(13)9-12/h4,7-11,14H,2-3,5-6H2,1H3. The van der Waals surface area contributed by atoms with Gasteiger partial charge in [-0.1, -0.05) is 6.92 Å². The van der Waals surface area contributed by atoms with E-state index in [1.165, 1.54) is 18.4 Å². The molecule has 90 valence electrons. The summed E-state index contributed by atoms with van der Waals surface area (Å²) in [6.45, 7) is 4.60. The highest BCUT2D eigenvalue weighted by atomic mass is 15.2. The number of nitrogens with zero attached hydrogens (tertiary/aromatic N) is 3. The van der Waals surface area contributed by atoms with E-state index in [0.29, 0.717) is 5.92 Å². The van der Waals surface area contributed by atoms with E-state index in [1.54, 1.807) is 6.20 Å². The van der Waals surface area contributed by atoms with E-state index in [0.717, 1.165) is 24.7 Å². The summed E-state index contributed by atoms with van der Waals surface area (Å²) in [5.41, 5.74) is 2.22. The third-order valence-electron chi connectivity index (χ3n) is 3.88. The molecule has 17 heavy (non-hydrogen) atoms. The molecule has 4 nitrogen and oxygen atoms in total. The lowest BCUT2D eigenvalue weighted by Gasteiger charge is -2.28. The van der Waals surface area contributed by atoms with Crippen LogP contribution in [0.4, 0.5) is 0 Å². The first-order valence-corrected chi connectivity index (χ1v) is 6.34. The first kappa shape index (κ1) is 10.7. The smallest absolute Gasteiger partial charge is 0.154 e. The van der Waals surface area contributed by atoms with Crippen molar-refractivity contribution in [2.75, 3.05) is 13.1 Å². The Morgan fingerprint density at radius 1 is 1.41 bits per heavy atom. The maximum Gasteiger partial charge on any atom is 0.154 e. The molecule has 3 rings (SSSR count). The minimum atomic E-state index is 0.568. The van der Waals surface area contributed by atoms with Gasteiger partial charge in [-0.2, -0.15) is 5.10 Å². The van der Waals surface area contributed by atoms with Crippen molar-refractivity contribution < 1.29 is 0 Å². The van der Waals surface area contributed by atoms with Crippen molar-refractivity contribution >= 4 is 5.65 Å². The minimum absolute atomic E-state index is 0.568. The van der Waals surface area contributed by atoms with Gasteiger partial charge in [0, 0.05) is 18.5 Å². The predicted octanol–water partition coefficient (Wildman–Crippen LogP) is 1.83. The van der Waals surface area contributed by atoms with Crippen molar-refractivity contribution in [3.05, 3.63) is 30.2 Å². The number of aromatic nitrogens is 3. The van der Waals surface area contributed by atoms with Crippen LogP contribution in [0.3, 0.4) is 0 Å². The lowest BCUT2D eigenvalue weighted by atomic mass is 9.83. The molecule has 0 amide bonds. The molecule has 1 N–H and O–H groups in total. The van der Waals surface area contributed by atoms with Gasteiger partial charge in [0.15, 0.2) is 5.65 Å². The molecule has 2 aromatic rings. The van der Waals surface area contributed by atoms with Crippen LogP contribution in [0.1, 0.15) is 31.2 Å². The Hall–Kier alpha value is -1.42. The van der Waals surface area contributed by atoms with E-state index in [1.807, 2.05) is 16.8 Å². The highest BCUT2D eigenvalue weighted by molar-refractivity contribution is 5.36. The second-order valence-corrected chi connectivity index (χ2v) is 4.90. The fourth-order valence-electron chi connectivity index (χ4n) is 2.68. The molecule has 2 aromatic heterocycles. The first-order chi connectivity index (χ1) is 8.34. The van der Waals surface area contributed by atoms with Gasteiger partial charge in [0.05, 0.1) is 6.20 Å². The second-order valence-electron chi connectivity index (χ2n) is 4.90. The third kappa shape index (κ3) is 2.05. The van der Waals surface area contributed by atoms with E-state index >= 15 is 0 Å². The Balaban J connectivity index is 1.86.